The Kier molecular flexibility index (Phi) is 5.78. The van der Waals surface area contributed by atoms with Gasteiger partial charge in [0.2, 0.25) is 5.95 Å². The van der Waals surface area contributed by atoms with Crippen molar-refractivity contribution >= 4 is 11.8 Å². The van der Waals surface area contributed by atoms with Crippen LogP contribution < -0.4 is 15.1 Å². The maximum absolute atomic E-state index is 4.53. The highest BCUT2D eigenvalue weighted by Crippen LogP contribution is 2.14. The van der Waals surface area contributed by atoms with Crippen LogP contribution in [0.25, 0.3) is 0 Å². The van der Waals surface area contributed by atoms with Crippen LogP contribution in [0.4, 0.5) is 11.8 Å². The van der Waals surface area contributed by atoms with Crippen LogP contribution >= 0.6 is 0 Å². The molecule has 3 heterocycles. The first kappa shape index (κ1) is 17.6. The summed E-state index contributed by atoms with van der Waals surface area (Å²) in [7, 11) is 6.17. The monoisotopic (exact) mass is 341 g/mol. The third-order valence-corrected chi connectivity index (χ3v) is 4.41. The van der Waals surface area contributed by atoms with Crippen LogP contribution in [0.15, 0.2) is 30.7 Å². The lowest BCUT2D eigenvalue weighted by molar-refractivity contribution is 0.311. The molecule has 7 heteroatoms. The smallest absolute Gasteiger partial charge is 0.225 e. The van der Waals surface area contributed by atoms with Crippen LogP contribution in [0, 0.1) is 0 Å². The van der Waals surface area contributed by atoms with E-state index in [4.69, 9.17) is 0 Å². The van der Waals surface area contributed by atoms with Gasteiger partial charge >= 0.3 is 0 Å². The fourth-order valence-electron chi connectivity index (χ4n) is 2.92. The zero-order valence-corrected chi connectivity index (χ0v) is 15.3. The number of hydrogen-bond donors (Lipinski definition) is 1. The molecule has 7 nitrogen and oxygen atoms in total. The Hall–Kier alpha value is -2.25. The number of pyridine rings is 1. The van der Waals surface area contributed by atoms with E-state index in [-0.39, 0.29) is 0 Å². The average Bonchev–Trinajstić information content (AvgIpc) is 2.63. The molecule has 134 valence electrons. The molecule has 0 atom stereocenters. The number of anilines is 2. The van der Waals surface area contributed by atoms with Gasteiger partial charge in [0, 0.05) is 83.1 Å². The van der Waals surface area contributed by atoms with Crippen molar-refractivity contribution < 1.29 is 0 Å². The zero-order chi connectivity index (χ0) is 17.6. The normalized spacial score (nSPS) is 15.4. The maximum Gasteiger partial charge on any atom is 0.225 e. The molecule has 25 heavy (non-hydrogen) atoms. The molecular weight excluding hydrogens is 314 g/mol. The van der Waals surface area contributed by atoms with Gasteiger partial charge in [0.15, 0.2) is 0 Å². The molecule has 0 aliphatic carbocycles. The second-order valence-corrected chi connectivity index (χ2v) is 6.67. The van der Waals surface area contributed by atoms with Crippen molar-refractivity contribution in [3.05, 3.63) is 41.9 Å². The van der Waals surface area contributed by atoms with Gasteiger partial charge in [-0.3, -0.25) is 0 Å². The van der Waals surface area contributed by atoms with E-state index in [9.17, 15) is 0 Å². The molecule has 1 N–H and O–H groups in total. The van der Waals surface area contributed by atoms with E-state index >= 15 is 0 Å². The van der Waals surface area contributed by atoms with E-state index in [1.165, 1.54) is 5.56 Å². The lowest BCUT2D eigenvalue weighted by Gasteiger charge is -2.32. The Bertz CT molecular complexity index is 663. The molecule has 2 aromatic heterocycles. The lowest BCUT2D eigenvalue weighted by atomic mass is 10.2. The molecule has 0 spiro atoms. The summed E-state index contributed by atoms with van der Waals surface area (Å²) in [5.74, 6) is 1.83. The van der Waals surface area contributed by atoms with Crippen molar-refractivity contribution in [2.24, 2.45) is 0 Å². The minimum Gasteiger partial charge on any atom is -0.362 e. The van der Waals surface area contributed by atoms with Gasteiger partial charge in [-0.1, -0.05) is 6.07 Å². The second kappa shape index (κ2) is 8.22. The van der Waals surface area contributed by atoms with Gasteiger partial charge in [0.1, 0.15) is 5.82 Å². The summed E-state index contributed by atoms with van der Waals surface area (Å²) in [6.07, 6.45) is 5.66. The molecule has 2 aromatic rings. The molecule has 0 saturated carbocycles. The number of likely N-dealkylation sites (N-methyl/N-ethyl adjacent to an activating group) is 1. The van der Waals surface area contributed by atoms with E-state index in [1.54, 1.807) is 0 Å². The van der Waals surface area contributed by atoms with Crippen LogP contribution in [-0.4, -0.2) is 67.2 Å². The quantitative estimate of drug-likeness (QED) is 0.840. The topological polar surface area (TPSA) is 60.4 Å². The molecule has 1 saturated heterocycles. The largest absolute Gasteiger partial charge is 0.362 e. The summed E-state index contributed by atoms with van der Waals surface area (Å²) in [6.45, 7) is 5.61. The SMILES string of the molecule is CN1CCN(c2ncc(CNCc3cccnc3N(C)C)cn2)CC1. The molecule has 1 fully saturated rings. The van der Waals surface area contributed by atoms with E-state index in [0.717, 1.165) is 56.6 Å². The van der Waals surface area contributed by atoms with Gasteiger partial charge in [-0.2, -0.15) is 0 Å². The fourth-order valence-corrected chi connectivity index (χ4v) is 2.92. The Morgan fingerprint density at radius 3 is 2.44 bits per heavy atom. The van der Waals surface area contributed by atoms with Gasteiger partial charge < -0.3 is 20.0 Å². The second-order valence-electron chi connectivity index (χ2n) is 6.67. The van der Waals surface area contributed by atoms with E-state index < -0.39 is 0 Å². The van der Waals surface area contributed by atoms with E-state index in [1.807, 2.05) is 43.7 Å². The first-order valence-corrected chi connectivity index (χ1v) is 8.70. The predicted molar refractivity (Wildman–Crippen MR) is 101 cm³/mol. The van der Waals surface area contributed by atoms with E-state index in [0.29, 0.717) is 0 Å². The average molecular weight is 341 g/mol. The highest BCUT2D eigenvalue weighted by atomic mass is 15.3. The fraction of sp³-hybridized carbons (Fsp3) is 0.500. The highest BCUT2D eigenvalue weighted by molar-refractivity contribution is 5.45. The van der Waals surface area contributed by atoms with Crippen molar-refractivity contribution in [1.82, 2.24) is 25.2 Å². The first-order valence-electron chi connectivity index (χ1n) is 8.70. The summed E-state index contributed by atoms with van der Waals surface area (Å²) in [6, 6.07) is 4.07. The van der Waals surface area contributed by atoms with Gasteiger partial charge in [0.25, 0.3) is 0 Å². The highest BCUT2D eigenvalue weighted by Gasteiger charge is 2.16. The number of hydrogen-bond acceptors (Lipinski definition) is 7. The first-order chi connectivity index (χ1) is 12.1. The van der Waals surface area contributed by atoms with Crippen LogP contribution in [-0.2, 0) is 13.1 Å². The minimum absolute atomic E-state index is 0.741. The molecule has 0 amide bonds. The number of nitrogens with one attached hydrogen (secondary N) is 1. The predicted octanol–water partition coefficient (Wildman–Crippen LogP) is 0.979. The van der Waals surface area contributed by atoms with Crippen LogP contribution in [0.1, 0.15) is 11.1 Å². The maximum atomic E-state index is 4.53. The Morgan fingerprint density at radius 1 is 1.04 bits per heavy atom. The number of nitrogens with zero attached hydrogens (tertiary/aromatic N) is 6. The summed E-state index contributed by atoms with van der Waals surface area (Å²) in [5.41, 5.74) is 2.27. The molecule has 0 unspecified atom stereocenters. The third kappa shape index (κ3) is 4.64. The molecule has 1 aliphatic heterocycles. The third-order valence-electron chi connectivity index (χ3n) is 4.41. The van der Waals surface area contributed by atoms with Crippen LogP contribution in [0.3, 0.4) is 0 Å². The molecule has 3 rings (SSSR count). The molecule has 1 aliphatic rings. The van der Waals surface area contributed by atoms with Gasteiger partial charge in [-0.25, -0.2) is 15.0 Å². The standard InChI is InChI=1S/C18H27N7/c1-23(2)17-16(5-4-6-20-17)14-19-11-15-12-21-18(22-13-15)25-9-7-24(3)8-10-25/h4-6,12-13,19H,7-11,14H2,1-3H3. The molecular formula is C18H27N7. The minimum atomic E-state index is 0.741. The summed E-state index contributed by atoms with van der Waals surface area (Å²) >= 11 is 0. The number of rotatable bonds is 6. The van der Waals surface area contributed by atoms with Gasteiger partial charge in [0.05, 0.1) is 0 Å². The Balaban J connectivity index is 1.52. The lowest BCUT2D eigenvalue weighted by Crippen LogP contribution is -2.45. The number of piperazine rings is 1. The summed E-state index contributed by atoms with van der Waals surface area (Å²) in [5, 5.41) is 3.45. The molecule has 0 radical (unpaired) electrons. The summed E-state index contributed by atoms with van der Waals surface area (Å²) in [4.78, 5) is 20.1. The van der Waals surface area contributed by atoms with Crippen molar-refractivity contribution in [2.45, 2.75) is 13.1 Å². The molecule has 0 aromatic carbocycles. The van der Waals surface area contributed by atoms with Crippen LogP contribution in [0.5, 0.6) is 0 Å². The summed E-state index contributed by atoms with van der Waals surface area (Å²) < 4.78 is 0. The Labute approximate surface area is 149 Å². The van der Waals surface area contributed by atoms with Crippen LogP contribution in [0.2, 0.25) is 0 Å². The zero-order valence-electron chi connectivity index (χ0n) is 15.3. The van der Waals surface area contributed by atoms with Gasteiger partial charge in [-0.15, -0.1) is 0 Å². The molecule has 0 bridgehead atoms. The number of aromatic nitrogens is 3. The van der Waals surface area contributed by atoms with Crippen molar-refractivity contribution in [2.75, 3.05) is 57.1 Å². The van der Waals surface area contributed by atoms with E-state index in [2.05, 4.69) is 43.2 Å². The van der Waals surface area contributed by atoms with Crippen molar-refractivity contribution in [3.63, 3.8) is 0 Å². The van der Waals surface area contributed by atoms with Gasteiger partial charge in [-0.05, 0) is 13.1 Å². The Morgan fingerprint density at radius 2 is 1.76 bits per heavy atom. The van der Waals surface area contributed by atoms with Crippen molar-refractivity contribution in [3.8, 4) is 0 Å². The van der Waals surface area contributed by atoms with Crippen molar-refractivity contribution in [1.29, 1.82) is 0 Å².